The number of aryl methyl sites for hydroxylation is 1. The Bertz CT molecular complexity index is 539. The highest BCUT2D eigenvalue weighted by Gasteiger charge is 2.41. The highest BCUT2D eigenvalue weighted by atomic mass is 16.7. The van der Waals surface area contributed by atoms with Gasteiger partial charge in [0, 0.05) is 26.2 Å². The zero-order valence-corrected chi connectivity index (χ0v) is 12.3. The average molecular weight is 290 g/mol. The Labute approximate surface area is 125 Å². The number of ether oxygens (including phenoxy) is 3. The number of nitrogens with zero attached hydrogens (tertiary/aromatic N) is 1. The maximum atomic E-state index is 6.47. The van der Waals surface area contributed by atoms with Gasteiger partial charge in [0.05, 0.1) is 0 Å². The van der Waals surface area contributed by atoms with Crippen molar-refractivity contribution < 1.29 is 14.2 Å². The molecule has 0 aliphatic carbocycles. The van der Waals surface area contributed by atoms with E-state index in [1.54, 1.807) is 0 Å². The molecule has 0 radical (unpaired) electrons. The molecule has 114 valence electrons. The molecule has 3 aliphatic heterocycles. The lowest BCUT2D eigenvalue weighted by molar-refractivity contribution is -0.0157. The Balaban J connectivity index is 1.55. The highest BCUT2D eigenvalue weighted by molar-refractivity contribution is 5.58. The van der Waals surface area contributed by atoms with Gasteiger partial charge in [-0.05, 0) is 37.3 Å². The molecule has 3 aliphatic rings. The van der Waals surface area contributed by atoms with Crippen LogP contribution in [0.1, 0.15) is 24.8 Å². The monoisotopic (exact) mass is 290 g/mol. The second kappa shape index (κ2) is 5.07. The van der Waals surface area contributed by atoms with Crippen molar-refractivity contribution >= 4 is 0 Å². The lowest BCUT2D eigenvalue weighted by atomic mass is 9.83. The van der Waals surface area contributed by atoms with Gasteiger partial charge in [0.2, 0.25) is 12.5 Å². The predicted molar refractivity (Wildman–Crippen MR) is 79.0 cm³/mol. The third kappa shape index (κ3) is 2.24. The molecule has 4 rings (SSSR count). The van der Waals surface area contributed by atoms with E-state index in [0.717, 1.165) is 69.1 Å². The Kier molecular flexibility index (Phi) is 3.19. The fourth-order valence-corrected chi connectivity index (χ4v) is 3.65. The van der Waals surface area contributed by atoms with Crippen LogP contribution in [0.15, 0.2) is 12.1 Å². The third-order valence-corrected chi connectivity index (χ3v) is 4.96. The van der Waals surface area contributed by atoms with Gasteiger partial charge in [0.15, 0.2) is 11.5 Å². The van der Waals surface area contributed by atoms with Crippen LogP contribution in [-0.2, 0) is 6.42 Å². The van der Waals surface area contributed by atoms with Crippen LogP contribution in [0, 0.1) is 0 Å². The van der Waals surface area contributed by atoms with Gasteiger partial charge in [-0.1, -0.05) is 6.07 Å². The first-order valence-electron chi connectivity index (χ1n) is 7.83. The quantitative estimate of drug-likeness (QED) is 0.895. The maximum absolute atomic E-state index is 6.47. The SMILES string of the molecule is NCCN1CCC2(CCc3ccc4c(c3O2)OCO4)CC1. The zero-order valence-electron chi connectivity index (χ0n) is 12.3. The molecule has 0 saturated carbocycles. The Hall–Kier alpha value is -1.46. The van der Waals surface area contributed by atoms with Crippen molar-refractivity contribution in [3.8, 4) is 17.2 Å². The van der Waals surface area contributed by atoms with Crippen LogP contribution in [0.2, 0.25) is 0 Å². The second-order valence-electron chi connectivity index (χ2n) is 6.20. The summed E-state index contributed by atoms with van der Waals surface area (Å²) in [6.07, 6.45) is 4.28. The number of benzene rings is 1. The molecule has 21 heavy (non-hydrogen) atoms. The number of piperidine rings is 1. The van der Waals surface area contributed by atoms with Gasteiger partial charge in [-0.25, -0.2) is 0 Å². The summed E-state index contributed by atoms with van der Waals surface area (Å²) in [5.41, 5.74) is 6.87. The highest BCUT2D eigenvalue weighted by Crippen LogP contribution is 2.49. The summed E-state index contributed by atoms with van der Waals surface area (Å²) in [7, 11) is 0. The molecule has 1 spiro atoms. The van der Waals surface area contributed by atoms with Crippen molar-refractivity contribution in [1.29, 1.82) is 0 Å². The Morgan fingerprint density at radius 1 is 1.10 bits per heavy atom. The first-order chi connectivity index (χ1) is 10.3. The summed E-state index contributed by atoms with van der Waals surface area (Å²) in [6, 6.07) is 4.10. The van der Waals surface area contributed by atoms with Crippen LogP contribution in [0.4, 0.5) is 0 Å². The third-order valence-electron chi connectivity index (χ3n) is 4.96. The van der Waals surface area contributed by atoms with Crippen molar-refractivity contribution in [2.24, 2.45) is 5.73 Å². The summed E-state index contributed by atoms with van der Waals surface area (Å²) >= 11 is 0. The second-order valence-corrected chi connectivity index (χ2v) is 6.20. The number of hydrogen-bond donors (Lipinski definition) is 1. The molecule has 0 bridgehead atoms. The minimum absolute atomic E-state index is 0.0286. The van der Waals surface area contributed by atoms with Crippen LogP contribution >= 0.6 is 0 Å². The lowest BCUT2D eigenvalue weighted by Crippen LogP contribution is -2.50. The Morgan fingerprint density at radius 2 is 1.95 bits per heavy atom. The van der Waals surface area contributed by atoms with Crippen molar-refractivity contribution in [2.45, 2.75) is 31.3 Å². The Morgan fingerprint density at radius 3 is 2.76 bits per heavy atom. The molecule has 0 amide bonds. The summed E-state index contributed by atoms with van der Waals surface area (Å²) < 4.78 is 17.5. The molecule has 1 aromatic rings. The molecule has 1 aromatic carbocycles. The van der Waals surface area contributed by atoms with Gasteiger partial charge in [0.1, 0.15) is 5.60 Å². The molecular weight excluding hydrogens is 268 g/mol. The van der Waals surface area contributed by atoms with Crippen LogP contribution in [0.5, 0.6) is 17.2 Å². The van der Waals surface area contributed by atoms with Crippen molar-refractivity contribution in [1.82, 2.24) is 4.90 Å². The van der Waals surface area contributed by atoms with Gasteiger partial charge >= 0.3 is 0 Å². The number of hydrogen-bond acceptors (Lipinski definition) is 5. The number of rotatable bonds is 2. The van der Waals surface area contributed by atoms with Crippen molar-refractivity contribution in [2.75, 3.05) is 33.0 Å². The minimum Gasteiger partial charge on any atom is -0.483 e. The first-order valence-corrected chi connectivity index (χ1v) is 7.83. The summed E-state index contributed by atoms with van der Waals surface area (Å²) in [6.45, 7) is 4.15. The number of nitrogens with two attached hydrogens (primary N) is 1. The summed E-state index contributed by atoms with van der Waals surface area (Å²) in [5.74, 6) is 2.53. The van der Waals surface area contributed by atoms with Crippen molar-refractivity contribution in [3.63, 3.8) is 0 Å². The fraction of sp³-hybridized carbons (Fsp3) is 0.625. The lowest BCUT2D eigenvalue weighted by Gasteiger charge is -2.44. The predicted octanol–water partition coefficient (Wildman–Crippen LogP) is 1.53. The zero-order chi connectivity index (χ0) is 14.3. The van der Waals surface area contributed by atoms with E-state index < -0.39 is 0 Å². The minimum atomic E-state index is -0.0286. The molecule has 0 aromatic heterocycles. The van der Waals surface area contributed by atoms with Gasteiger partial charge in [-0.3, -0.25) is 0 Å². The maximum Gasteiger partial charge on any atom is 0.231 e. The van der Waals surface area contributed by atoms with Gasteiger partial charge in [-0.15, -0.1) is 0 Å². The average Bonchev–Trinajstić information content (AvgIpc) is 2.99. The standard InChI is InChI=1S/C16H22N2O3/c17-7-10-18-8-5-16(6-9-18)4-3-12-1-2-13-15(14(12)21-16)20-11-19-13/h1-2H,3-11,17H2. The van der Waals surface area contributed by atoms with Crippen molar-refractivity contribution in [3.05, 3.63) is 17.7 Å². The van der Waals surface area contributed by atoms with E-state index in [0.29, 0.717) is 6.79 Å². The largest absolute Gasteiger partial charge is 0.483 e. The molecule has 0 atom stereocenters. The van der Waals surface area contributed by atoms with E-state index >= 15 is 0 Å². The summed E-state index contributed by atoms with van der Waals surface area (Å²) in [4.78, 5) is 2.43. The molecule has 5 heteroatoms. The molecule has 2 N–H and O–H groups in total. The van der Waals surface area contributed by atoms with Crippen LogP contribution in [0.25, 0.3) is 0 Å². The van der Waals surface area contributed by atoms with Gasteiger partial charge in [-0.2, -0.15) is 0 Å². The smallest absolute Gasteiger partial charge is 0.231 e. The number of fused-ring (bicyclic) bond motifs is 3. The van der Waals surface area contributed by atoms with E-state index in [1.165, 1.54) is 5.56 Å². The number of likely N-dealkylation sites (tertiary alicyclic amines) is 1. The molecule has 1 fully saturated rings. The van der Waals surface area contributed by atoms with E-state index in [-0.39, 0.29) is 5.60 Å². The fourth-order valence-electron chi connectivity index (χ4n) is 3.65. The summed E-state index contributed by atoms with van der Waals surface area (Å²) in [5, 5.41) is 0. The first kappa shape index (κ1) is 13.2. The normalized spacial score (nSPS) is 22.9. The van der Waals surface area contributed by atoms with Gasteiger partial charge < -0.3 is 24.8 Å². The molecular formula is C16H22N2O3. The van der Waals surface area contributed by atoms with Crippen LogP contribution < -0.4 is 19.9 Å². The molecule has 3 heterocycles. The molecule has 1 saturated heterocycles. The van der Waals surface area contributed by atoms with E-state index in [1.807, 2.05) is 6.07 Å². The van der Waals surface area contributed by atoms with Crippen LogP contribution in [0.3, 0.4) is 0 Å². The van der Waals surface area contributed by atoms with E-state index in [9.17, 15) is 0 Å². The topological polar surface area (TPSA) is 57.0 Å². The van der Waals surface area contributed by atoms with Gasteiger partial charge in [0.25, 0.3) is 0 Å². The molecule has 5 nitrogen and oxygen atoms in total. The van der Waals surface area contributed by atoms with E-state index in [2.05, 4.69) is 11.0 Å². The molecule has 0 unspecified atom stereocenters. The van der Waals surface area contributed by atoms with E-state index in [4.69, 9.17) is 19.9 Å². The van der Waals surface area contributed by atoms with Crippen LogP contribution in [-0.4, -0.2) is 43.5 Å².